The molecule has 3 aliphatic rings. The summed E-state index contributed by atoms with van der Waals surface area (Å²) in [6, 6.07) is 0.208. The van der Waals surface area contributed by atoms with E-state index in [4.69, 9.17) is 5.11 Å². The summed E-state index contributed by atoms with van der Waals surface area (Å²) in [5, 5.41) is 12.3. The number of carboxylic acid groups (broad SMARTS) is 1. The highest BCUT2D eigenvalue weighted by Gasteiger charge is 2.23. The van der Waals surface area contributed by atoms with Crippen molar-refractivity contribution in [1.29, 1.82) is 0 Å². The van der Waals surface area contributed by atoms with Crippen LogP contribution in [-0.2, 0) is 0 Å². The minimum absolute atomic E-state index is 0.208. The molecule has 3 rings (SSSR count). The number of dihydropyridines is 1. The lowest BCUT2D eigenvalue weighted by molar-refractivity contribution is 0.165. The van der Waals surface area contributed by atoms with Gasteiger partial charge in [0.2, 0.25) is 0 Å². The largest absolute Gasteiger partial charge is 0.465 e. The van der Waals surface area contributed by atoms with Gasteiger partial charge in [0.25, 0.3) is 0 Å². The Morgan fingerprint density at radius 3 is 3.12 bits per heavy atom. The average Bonchev–Trinajstić information content (AvgIpc) is 2.35. The molecule has 0 bridgehead atoms. The number of hydrogen-bond donors (Lipinski definition) is 2. The topological polar surface area (TPSA) is 52.6 Å². The molecule has 4 heteroatoms. The third-order valence-corrected chi connectivity index (χ3v) is 3.07. The van der Waals surface area contributed by atoms with Crippen molar-refractivity contribution in [2.45, 2.75) is 6.04 Å². The first-order valence-electron chi connectivity index (χ1n) is 5.48. The Kier molecular flexibility index (Phi) is 2.14. The Morgan fingerprint density at radius 2 is 2.29 bits per heavy atom. The number of allylic oxidation sites excluding steroid dienone is 3. The number of carbonyl (C=O) groups is 1. The van der Waals surface area contributed by atoms with Crippen LogP contribution in [0.3, 0.4) is 0 Å². The van der Waals surface area contributed by atoms with Crippen LogP contribution in [0, 0.1) is 0 Å². The van der Waals surface area contributed by atoms with E-state index in [1.165, 1.54) is 10.5 Å². The number of amides is 1. The number of hydrogen-bond acceptors (Lipinski definition) is 2. The second-order valence-corrected chi connectivity index (χ2v) is 4.18. The summed E-state index contributed by atoms with van der Waals surface area (Å²) in [5.74, 6) is 0. The van der Waals surface area contributed by atoms with Gasteiger partial charge in [-0.2, -0.15) is 0 Å². The van der Waals surface area contributed by atoms with Crippen LogP contribution >= 0.6 is 0 Å². The molecule has 0 aromatic carbocycles. The molecule has 0 saturated carbocycles. The maximum Gasteiger partial charge on any atom is 0.411 e. The Bertz CT molecular complexity index is 524. The molecular formula is C13H12N2O2. The van der Waals surface area contributed by atoms with Crippen LogP contribution in [0.1, 0.15) is 0 Å². The summed E-state index contributed by atoms with van der Waals surface area (Å²) in [6.45, 7) is 0.405. The van der Waals surface area contributed by atoms with Crippen LogP contribution in [0.25, 0.3) is 0 Å². The van der Waals surface area contributed by atoms with Crippen LogP contribution in [0.4, 0.5) is 4.79 Å². The van der Waals surface area contributed by atoms with Gasteiger partial charge in [0.1, 0.15) is 0 Å². The minimum atomic E-state index is -0.924. The summed E-state index contributed by atoms with van der Waals surface area (Å²) in [4.78, 5) is 12.2. The van der Waals surface area contributed by atoms with Crippen molar-refractivity contribution in [3.8, 4) is 0 Å². The molecule has 2 aliphatic heterocycles. The van der Waals surface area contributed by atoms with E-state index in [0.29, 0.717) is 6.54 Å². The highest BCUT2D eigenvalue weighted by molar-refractivity contribution is 5.68. The minimum Gasteiger partial charge on any atom is -0.465 e. The molecule has 2 heterocycles. The Morgan fingerprint density at radius 1 is 1.41 bits per heavy atom. The molecule has 2 N–H and O–H groups in total. The Labute approximate surface area is 98.9 Å². The van der Waals surface area contributed by atoms with Gasteiger partial charge in [-0.3, -0.25) is 4.90 Å². The van der Waals surface area contributed by atoms with E-state index < -0.39 is 6.09 Å². The molecule has 86 valence electrons. The highest BCUT2D eigenvalue weighted by Crippen LogP contribution is 2.25. The van der Waals surface area contributed by atoms with Crippen molar-refractivity contribution in [1.82, 2.24) is 10.2 Å². The predicted molar refractivity (Wildman–Crippen MR) is 64.2 cm³/mol. The van der Waals surface area contributed by atoms with Gasteiger partial charge >= 0.3 is 6.09 Å². The van der Waals surface area contributed by atoms with Gasteiger partial charge < -0.3 is 10.4 Å². The first kappa shape index (κ1) is 9.96. The van der Waals surface area contributed by atoms with Gasteiger partial charge in [-0.1, -0.05) is 24.3 Å². The molecule has 1 unspecified atom stereocenters. The first-order chi connectivity index (χ1) is 8.24. The zero-order chi connectivity index (χ0) is 11.8. The van der Waals surface area contributed by atoms with E-state index in [-0.39, 0.29) is 6.04 Å². The maximum atomic E-state index is 10.9. The van der Waals surface area contributed by atoms with Crippen LogP contribution in [0.15, 0.2) is 59.5 Å². The molecule has 1 aliphatic carbocycles. The maximum absolute atomic E-state index is 10.9. The zero-order valence-electron chi connectivity index (χ0n) is 9.13. The fourth-order valence-corrected chi connectivity index (χ4v) is 2.18. The number of nitrogens with zero attached hydrogens (tertiary/aromatic N) is 1. The van der Waals surface area contributed by atoms with Gasteiger partial charge in [-0.25, -0.2) is 4.79 Å². The van der Waals surface area contributed by atoms with E-state index >= 15 is 0 Å². The molecule has 0 spiro atoms. The number of nitrogens with one attached hydrogen (secondary N) is 1. The average molecular weight is 228 g/mol. The highest BCUT2D eigenvalue weighted by atomic mass is 16.4. The summed E-state index contributed by atoms with van der Waals surface area (Å²) >= 11 is 0. The van der Waals surface area contributed by atoms with Crippen molar-refractivity contribution in [2.24, 2.45) is 0 Å². The molecule has 0 aromatic rings. The van der Waals surface area contributed by atoms with E-state index in [1.807, 2.05) is 24.3 Å². The lowest BCUT2D eigenvalue weighted by atomic mass is 9.93. The second kappa shape index (κ2) is 3.66. The smallest absolute Gasteiger partial charge is 0.411 e. The molecule has 17 heavy (non-hydrogen) atoms. The van der Waals surface area contributed by atoms with Gasteiger partial charge in [0.15, 0.2) is 0 Å². The fourth-order valence-electron chi connectivity index (χ4n) is 2.18. The molecule has 4 nitrogen and oxygen atoms in total. The van der Waals surface area contributed by atoms with Crippen LogP contribution < -0.4 is 5.32 Å². The van der Waals surface area contributed by atoms with Crippen molar-refractivity contribution in [3.05, 3.63) is 59.5 Å². The van der Waals surface area contributed by atoms with Gasteiger partial charge in [-0.05, 0) is 23.3 Å². The van der Waals surface area contributed by atoms with Gasteiger partial charge in [-0.15, -0.1) is 0 Å². The summed E-state index contributed by atoms with van der Waals surface area (Å²) in [6.07, 6.45) is 12.7. The fraction of sp³-hybridized carbons (Fsp3) is 0.154. The van der Waals surface area contributed by atoms with Crippen molar-refractivity contribution in [2.75, 3.05) is 6.54 Å². The number of rotatable bonds is 0. The van der Waals surface area contributed by atoms with Crippen molar-refractivity contribution in [3.63, 3.8) is 0 Å². The predicted octanol–water partition coefficient (Wildman–Crippen LogP) is 1.77. The summed E-state index contributed by atoms with van der Waals surface area (Å²) < 4.78 is 0. The van der Waals surface area contributed by atoms with Gasteiger partial charge in [0, 0.05) is 11.9 Å². The first-order valence-corrected chi connectivity index (χ1v) is 5.48. The van der Waals surface area contributed by atoms with E-state index in [9.17, 15) is 4.79 Å². The SMILES string of the molecule is O=C(O)N1C=CC2=C(C=C3C=CC=CC3N2)C1. The Hall–Kier alpha value is -2.23. The van der Waals surface area contributed by atoms with Crippen LogP contribution in [-0.4, -0.2) is 28.7 Å². The third kappa shape index (κ3) is 1.67. The second-order valence-electron chi connectivity index (χ2n) is 4.18. The number of fused-ring (bicyclic) bond motifs is 1. The lowest BCUT2D eigenvalue weighted by Gasteiger charge is -2.31. The lowest BCUT2D eigenvalue weighted by Crippen LogP contribution is -2.37. The normalized spacial score (nSPS) is 25.1. The molecule has 0 radical (unpaired) electrons. The van der Waals surface area contributed by atoms with Crippen molar-refractivity contribution >= 4 is 6.09 Å². The van der Waals surface area contributed by atoms with E-state index in [2.05, 4.69) is 17.5 Å². The van der Waals surface area contributed by atoms with Crippen molar-refractivity contribution < 1.29 is 9.90 Å². The Balaban J connectivity index is 1.91. The molecule has 0 saturated heterocycles. The molecule has 1 amide bonds. The summed E-state index contributed by atoms with van der Waals surface area (Å²) in [5.41, 5.74) is 3.20. The standard InChI is InChI=1S/C13H12N2O2/c16-13(17)15-6-5-12-10(8-15)7-9-3-1-2-4-11(9)14-12/h1-7,11,14H,8H2,(H,16,17). The molecule has 1 atom stereocenters. The summed E-state index contributed by atoms with van der Waals surface area (Å²) in [7, 11) is 0. The van der Waals surface area contributed by atoms with Crippen LogP contribution in [0.2, 0.25) is 0 Å². The van der Waals surface area contributed by atoms with Gasteiger partial charge in [0.05, 0.1) is 12.6 Å². The van der Waals surface area contributed by atoms with E-state index in [0.717, 1.165) is 11.3 Å². The van der Waals surface area contributed by atoms with E-state index in [1.54, 1.807) is 6.20 Å². The molecule has 0 aromatic heterocycles. The quantitative estimate of drug-likeness (QED) is 0.664. The van der Waals surface area contributed by atoms with Crippen LogP contribution in [0.5, 0.6) is 0 Å². The zero-order valence-corrected chi connectivity index (χ0v) is 9.13. The monoisotopic (exact) mass is 228 g/mol. The third-order valence-electron chi connectivity index (χ3n) is 3.07. The molecule has 0 fully saturated rings. The molecular weight excluding hydrogens is 216 g/mol.